The van der Waals surface area contributed by atoms with Crippen LogP contribution in [0.25, 0.3) is 0 Å². The van der Waals surface area contributed by atoms with Gasteiger partial charge in [0, 0.05) is 0 Å². The van der Waals surface area contributed by atoms with Crippen molar-refractivity contribution >= 4 is 5.97 Å². The molecule has 0 aromatic heterocycles. The van der Waals surface area contributed by atoms with E-state index in [0.29, 0.717) is 6.42 Å². The number of carbonyl (C=O) groups is 1. The molecule has 0 saturated carbocycles. The molecule has 0 heterocycles. The Morgan fingerprint density at radius 3 is 2.44 bits per heavy atom. The molecule has 1 unspecified atom stereocenters. The van der Waals surface area contributed by atoms with E-state index in [9.17, 15) is 9.90 Å². The van der Waals surface area contributed by atoms with Crippen LogP contribution >= 0.6 is 0 Å². The Balaban J connectivity index is 2.26. The molecule has 0 amide bonds. The molecule has 0 aliphatic rings. The largest absolute Gasteiger partial charge is 0.463 e. The standard InChI is InChI=1S/C15H22O3/c1-15(2,3)14(17)18-11-13(16)10-9-12-7-5-4-6-8-12/h4-8,13,16H,9-11H2,1-3H3. The molecule has 3 heteroatoms. The molecule has 3 nitrogen and oxygen atoms in total. The lowest BCUT2D eigenvalue weighted by atomic mass is 9.97. The highest BCUT2D eigenvalue weighted by Crippen LogP contribution is 2.15. The summed E-state index contributed by atoms with van der Waals surface area (Å²) in [4.78, 5) is 11.5. The molecule has 0 aliphatic carbocycles. The summed E-state index contributed by atoms with van der Waals surface area (Å²) < 4.78 is 5.07. The molecule has 0 aliphatic heterocycles. The van der Waals surface area contributed by atoms with Crippen LogP contribution < -0.4 is 0 Å². The van der Waals surface area contributed by atoms with Gasteiger partial charge in [0.05, 0.1) is 11.5 Å². The summed E-state index contributed by atoms with van der Waals surface area (Å²) in [6.07, 6.45) is 0.785. The normalized spacial score (nSPS) is 13.1. The number of rotatable bonds is 5. The van der Waals surface area contributed by atoms with Crippen molar-refractivity contribution in [3.63, 3.8) is 0 Å². The highest BCUT2D eigenvalue weighted by molar-refractivity contribution is 5.75. The van der Waals surface area contributed by atoms with Gasteiger partial charge in [0.1, 0.15) is 6.61 Å². The minimum absolute atomic E-state index is 0.0724. The van der Waals surface area contributed by atoms with Crippen molar-refractivity contribution in [1.82, 2.24) is 0 Å². The Bertz CT molecular complexity index is 365. The first-order chi connectivity index (χ1) is 8.39. The molecule has 1 aromatic rings. The van der Waals surface area contributed by atoms with Gasteiger partial charge in [-0.1, -0.05) is 30.3 Å². The topological polar surface area (TPSA) is 46.5 Å². The zero-order valence-electron chi connectivity index (χ0n) is 11.3. The van der Waals surface area contributed by atoms with Crippen LogP contribution in [-0.4, -0.2) is 23.8 Å². The van der Waals surface area contributed by atoms with Crippen LogP contribution in [0.1, 0.15) is 32.8 Å². The molecular formula is C15H22O3. The lowest BCUT2D eigenvalue weighted by molar-refractivity contribution is -0.156. The van der Waals surface area contributed by atoms with E-state index in [2.05, 4.69) is 0 Å². The summed E-state index contributed by atoms with van der Waals surface area (Å²) in [7, 11) is 0. The van der Waals surface area contributed by atoms with E-state index in [0.717, 1.165) is 6.42 Å². The van der Waals surface area contributed by atoms with Crippen LogP contribution in [0.2, 0.25) is 0 Å². The minimum Gasteiger partial charge on any atom is -0.463 e. The fourth-order valence-electron chi connectivity index (χ4n) is 1.45. The predicted molar refractivity (Wildman–Crippen MR) is 71.2 cm³/mol. The number of hydrogen-bond acceptors (Lipinski definition) is 3. The molecule has 0 bridgehead atoms. The zero-order chi connectivity index (χ0) is 13.6. The lowest BCUT2D eigenvalue weighted by Crippen LogP contribution is -2.27. The van der Waals surface area contributed by atoms with E-state index in [1.165, 1.54) is 5.56 Å². The van der Waals surface area contributed by atoms with Gasteiger partial charge < -0.3 is 9.84 Å². The van der Waals surface area contributed by atoms with Crippen LogP contribution in [0.5, 0.6) is 0 Å². The second-order valence-electron chi connectivity index (χ2n) is 5.53. The first kappa shape index (κ1) is 14.7. The highest BCUT2D eigenvalue weighted by Gasteiger charge is 2.23. The van der Waals surface area contributed by atoms with E-state index in [1.807, 2.05) is 30.3 Å². The summed E-state index contributed by atoms with van der Waals surface area (Å²) in [5, 5.41) is 9.75. The molecule has 1 N–H and O–H groups in total. The maximum Gasteiger partial charge on any atom is 0.311 e. The van der Waals surface area contributed by atoms with Gasteiger partial charge in [-0.25, -0.2) is 0 Å². The molecule has 1 atom stereocenters. The molecule has 100 valence electrons. The molecule has 18 heavy (non-hydrogen) atoms. The Kier molecular flexibility index (Phi) is 5.35. The van der Waals surface area contributed by atoms with E-state index in [1.54, 1.807) is 20.8 Å². The van der Waals surface area contributed by atoms with Crippen molar-refractivity contribution in [1.29, 1.82) is 0 Å². The lowest BCUT2D eigenvalue weighted by Gasteiger charge is -2.18. The fraction of sp³-hybridized carbons (Fsp3) is 0.533. The third-order valence-electron chi connectivity index (χ3n) is 2.63. The maximum atomic E-state index is 11.5. The third-order valence-corrected chi connectivity index (χ3v) is 2.63. The summed E-state index contributed by atoms with van der Waals surface area (Å²) in [5.41, 5.74) is 0.665. The van der Waals surface area contributed by atoms with Gasteiger partial charge in [-0.15, -0.1) is 0 Å². The van der Waals surface area contributed by atoms with E-state index in [-0.39, 0.29) is 12.6 Å². The maximum absolute atomic E-state index is 11.5. The third kappa shape index (κ3) is 5.32. The average Bonchev–Trinajstić information content (AvgIpc) is 2.33. The summed E-state index contributed by atoms with van der Waals surface area (Å²) in [6.45, 7) is 5.46. The molecule has 0 spiro atoms. The summed E-state index contributed by atoms with van der Waals surface area (Å²) in [5.74, 6) is -0.277. The summed E-state index contributed by atoms with van der Waals surface area (Å²) >= 11 is 0. The Morgan fingerprint density at radius 1 is 1.28 bits per heavy atom. The predicted octanol–water partition coefficient (Wildman–Crippen LogP) is 2.57. The quantitative estimate of drug-likeness (QED) is 0.817. The number of aryl methyl sites for hydroxylation is 1. The number of ether oxygens (including phenoxy) is 1. The number of carbonyl (C=O) groups excluding carboxylic acids is 1. The minimum atomic E-state index is -0.600. The average molecular weight is 250 g/mol. The van der Waals surface area contributed by atoms with E-state index < -0.39 is 11.5 Å². The van der Waals surface area contributed by atoms with Gasteiger partial charge in [-0.3, -0.25) is 4.79 Å². The van der Waals surface area contributed by atoms with Crippen LogP contribution in [0, 0.1) is 5.41 Å². The van der Waals surface area contributed by atoms with Crippen molar-refractivity contribution in [2.24, 2.45) is 5.41 Å². The van der Waals surface area contributed by atoms with Crippen molar-refractivity contribution in [2.75, 3.05) is 6.61 Å². The molecule has 1 rings (SSSR count). The van der Waals surface area contributed by atoms with Crippen LogP contribution in [0.3, 0.4) is 0 Å². The highest BCUT2D eigenvalue weighted by atomic mass is 16.5. The first-order valence-electron chi connectivity index (χ1n) is 6.29. The Hall–Kier alpha value is -1.35. The van der Waals surface area contributed by atoms with Crippen LogP contribution in [-0.2, 0) is 16.0 Å². The van der Waals surface area contributed by atoms with Gasteiger partial charge in [-0.2, -0.15) is 0 Å². The molecule has 0 saturated heterocycles. The van der Waals surface area contributed by atoms with Crippen LogP contribution in [0.4, 0.5) is 0 Å². The van der Waals surface area contributed by atoms with Gasteiger partial charge in [0.25, 0.3) is 0 Å². The van der Waals surface area contributed by atoms with Gasteiger partial charge in [0.2, 0.25) is 0 Å². The number of hydrogen-bond donors (Lipinski definition) is 1. The number of aliphatic hydroxyl groups is 1. The SMILES string of the molecule is CC(C)(C)C(=O)OCC(O)CCc1ccccc1. The second-order valence-corrected chi connectivity index (χ2v) is 5.53. The van der Waals surface area contributed by atoms with E-state index in [4.69, 9.17) is 4.74 Å². The van der Waals surface area contributed by atoms with Gasteiger partial charge >= 0.3 is 5.97 Å². The Morgan fingerprint density at radius 2 is 1.89 bits per heavy atom. The Labute approximate surface area is 109 Å². The zero-order valence-corrected chi connectivity index (χ0v) is 11.3. The number of benzene rings is 1. The number of aliphatic hydroxyl groups excluding tert-OH is 1. The molecule has 1 aromatic carbocycles. The monoisotopic (exact) mass is 250 g/mol. The number of esters is 1. The summed E-state index contributed by atoms with van der Waals surface area (Å²) in [6, 6.07) is 9.95. The smallest absolute Gasteiger partial charge is 0.311 e. The fourth-order valence-corrected chi connectivity index (χ4v) is 1.45. The van der Waals surface area contributed by atoms with Crippen molar-refractivity contribution in [3.8, 4) is 0 Å². The first-order valence-corrected chi connectivity index (χ1v) is 6.29. The van der Waals surface area contributed by atoms with Gasteiger partial charge in [0.15, 0.2) is 0 Å². The van der Waals surface area contributed by atoms with Crippen molar-refractivity contribution < 1.29 is 14.6 Å². The van der Waals surface area contributed by atoms with Crippen LogP contribution in [0.15, 0.2) is 30.3 Å². The second kappa shape index (κ2) is 6.55. The van der Waals surface area contributed by atoms with E-state index >= 15 is 0 Å². The van der Waals surface area contributed by atoms with Gasteiger partial charge in [-0.05, 0) is 39.2 Å². The molecule has 0 fully saturated rings. The molecule has 0 radical (unpaired) electrons. The van der Waals surface area contributed by atoms with Crippen molar-refractivity contribution in [2.45, 2.75) is 39.7 Å². The molecular weight excluding hydrogens is 228 g/mol. The van der Waals surface area contributed by atoms with Crippen molar-refractivity contribution in [3.05, 3.63) is 35.9 Å².